The van der Waals surface area contributed by atoms with Crippen LogP contribution in [0.15, 0.2) is 94.6 Å². The van der Waals surface area contributed by atoms with Crippen LogP contribution >= 0.6 is 11.3 Å². The number of thiazole rings is 1. The van der Waals surface area contributed by atoms with Crippen molar-refractivity contribution in [2.75, 3.05) is 6.61 Å². The maximum atomic E-state index is 14.8. The van der Waals surface area contributed by atoms with Crippen molar-refractivity contribution >= 4 is 22.4 Å². The third kappa shape index (κ3) is 4.62. The first-order valence-electron chi connectivity index (χ1n) is 12.1. The van der Waals surface area contributed by atoms with Gasteiger partial charge in [0, 0.05) is 22.9 Å². The van der Waals surface area contributed by atoms with Gasteiger partial charge < -0.3 is 4.74 Å². The molecular formula is C29H20FN5O3S. The first kappa shape index (κ1) is 24.4. The van der Waals surface area contributed by atoms with E-state index in [0.29, 0.717) is 33.5 Å². The van der Waals surface area contributed by atoms with Crippen molar-refractivity contribution in [3.63, 3.8) is 0 Å². The summed E-state index contributed by atoms with van der Waals surface area (Å²) in [5.41, 5.74) is 2.09. The van der Waals surface area contributed by atoms with E-state index in [2.05, 4.69) is 10.1 Å². The lowest BCUT2D eigenvalue weighted by atomic mass is 10.1. The van der Waals surface area contributed by atoms with Gasteiger partial charge in [-0.25, -0.2) is 9.07 Å². The quantitative estimate of drug-likeness (QED) is 0.318. The Hall–Kier alpha value is -4.96. The van der Waals surface area contributed by atoms with E-state index in [1.807, 2.05) is 36.4 Å². The standard InChI is InChI=1S/C29H20FN5O3S/c1-2-38-23-14-13-19(15-22(23)30)25-20(17-34(32-25)21-11-7-4-8-12-21)16-24-28(37)35-29(39-24)31-27(36)26(33-35)18-9-5-3-6-10-18/h3-17H,2H2,1H3. The monoisotopic (exact) mass is 537 g/mol. The fourth-order valence-electron chi connectivity index (χ4n) is 4.18. The van der Waals surface area contributed by atoms with E-state index >= 15 is 0 Å². The molecule has 0 amide bonds. The fourth-order valence-corrected chi connectivity index (χ4v) is 5.07. The van der Waals surface area contributed by atoms with Crippen LogP contribution in [-0.4, -0.2) is 31.0 Å². The first-order chi connectivity index (χ1) is 19.0. The van der Waals surface area contributed by atoms with Crippen LogP contribution in [0.2, 0.25) is 0 Å². The van der Waals surface area contributed by atoms with Crippen molar-refractivity contribution in [3.8, 4) is 34.0 Å². The number of ether oxygens (including phenoxy) is 1. The second kappa shape index (κ2) is 10.1. The summed E-state index contributed by atoms with van der Waals surface area (Å²) in [6, 6.07) is 23.0. The molecule has 0 saturated heterocycles. The summed E-state index contributed by atoms with van der Waals surface area (Å²) in [5, 5.41) is 9.02. The minimum Gasteiger partial charge on any atom is -0.491 e. The van der Waals surface area contributed by atoms with Gasteiger partial charge in [-0.1, -0.05) is 59.9 Å². The highest BCUT2D eigenvalue weighted by atomic mass is 32.1. The second-order valence-corrected chi connectivity index (χ2v) is 9.54. The average Bonchev–Trinajstić information content (AvgIpc) is 3.51. The van der Waals surface area contributed by atoms with Crippen LogP contribution in [0.25, 0.3) is 39.2 Å². The van der Waals surface area contributed by atoms with Crippen molar-refractivity contribution in [2.24, 2.45) is 0 Å². The Balaban J connectivity index is 1.53. The molecule has 3 aromatic heterocycles. The Labute approximate surface area is 224 Å². The zero-order chi connectivity index (χ0) is 26.9. The zero-order valence-corrected chi connectivity index (χ0v) is 21.4. The van der Waals surface area contributed by atoms with Crippen molar-refractivity contribution in [1.82, 2.24) is 24.4 Å². The lowest BCUT2D eigenvalue weighted by Crippen LogP contribution is -2.26. The summed E-state index contributed by atoms with van der Waals surface area (Å²) < 4.78 is 23.2. The van der Waals surface area contributed by atoms with E-state index in [4.69, 9.17) is 9.84 Å². The molecule has 0 aliphatic carbocycles. The maximum Gasteiger partial charge on any atom is 0.300 e. The molecule has 192 valence electrons. The number of halogens is 1. The van der Waals surface area contributed by atoms with Crippen LogP contribution in [0.3, 0.4) is 0 Å². The molecule has 0 saturated carbocycles. The van der Waals surface area contributed by atoms with Gasteiger partial charge in [-0.2, -0.15) is 19.7 Å². The van der Waals surface area contributed by atoms with Gasteiger partial charge in [-0.15, -0.1) is 0 Å². The van der Waals surface area contributed by atoms with Gasteiger partial charge in [0.1, 0.15) is 5.69 Å². The maximum absolute atomic E-state index is 14.8. The highest BCUT2D eigenvalue weighted by Crippen LogP contribution is 2.28. The van der Waals surface area contributed by atoms with Crippen LogP contribution in [-0.2, 0) is 0 Å². The zero-order valence-electron chi connectivity index (χ0n) is 20.6. The molecule has 0 spiro atoms. The minimum atomic E-state index is -0.517. The molecule has 3 aromatic carbocycles. The predicted octanol–water partition coefficient (Wildman–Crippen LogP) is 4.12. The van der Waals surface area contributed by atoms with Crippen molar-refractivity contribution in [2.45, 2.75) is 6.92 Å². The van der Waals surface area contributed by atoms with E-state index in [-0.39, 0.29) is 16.4 Å². The topological polar surface area (TPSA) is 91.4 Å². The Kier molecular flexibility index (Phi) is 6.29. The Morgan fingerprint density at radius 2 is 1.67 bits per heavy atom. The fraction of sp³-hybridized carbons (Fsp3) is 0.0690. The van der Waals surface area contributed by atoms with Gasteiger partial charge in [0.2, 0.25) is 4.96 Å². The summed E-state index contributed by atoms with van der Waals surface area (Å²) in [7, 11) is 0. The molecular weight excluding hydrogens is 517 g/mol. The molecule has 0 atom stereocenters. The Bertz CT molecular complexity index is 1990. The number of rotatable bonds is 6. The number of aromatic nitrogens is 5. The summed E-state index contributed by atoms with van der Waals surface area (Å²) in [6.07, 6.45) is 3.43. The van der Waals surface area contributed by atoms with Gasteiger partial charge in [0.25, 0.3) is 5.56 Å². The predicted molar refractivity (Wildman–Crippen MR) is 148 cm³/mol. The minimum absolute atomic E-state index is 0.0944. The SMILES string of the molecule is CCOc1ccc(-c2nn(-c3ccccc3)cc2C=c2sc3nc(=O)c(-c4ccccc4)nn3c2=O)cc1F. The van der Waals surface area contributed by atoms with Gasteiger partial charge in [-0.3, -0.25) is 9.59 Å². The van der Waals surface area contributed by atoms with Crippen LogP contribution in [0.5, 0.6) is 5.75 Å². The summed E-state index contributed by atoms with van der Waals surface area (Å²) in [4.78, 5) is 30.3. The van der Waals surface area contributed by atoms with E-state index < -0.39 is 16.9 Å². The summed E-state index contributed by atoms with van der Waals surface area (Å²) >= 11 is 1.05. The number of nitrogens with zero attached hydrogens (tertiary/aromatic N) is 5. The number of benzene rings is 3. The highest BCUT2D eigenvalue weighted by molar-refractivity contribution is 7.15. The molecule has 0 radical (unpaired) electrons. The molecule has 3 heterocycles. The molecule has 0 fully saturated rings. The van der Waals surface area contributed by atoms with Crippen LogP contribution < -0.4 is 20.4 Å². The normalized spacial score (nSPS) is 11.8. The molecule has 0 N–H and O–H groups in total. The highest BCUT2D eigenvalue weighted by Gasteiger charge is 2.16. The van der Waals surface area contributed by atoms with Crippen LogP contribution in [0.4, 0.5) is 4.39 Å². The van der Waals surface area contributed by atoms with Crippen LogP contribution in [0, 0.1) is 5.82 Å². The van der Waals surface area contributed by atoms with E-state index in [9.17, 15) is 14.0 Å². The molecule has 6 rings (SSSR count). The summed E-state index contributed by atoms with van der Waals surface area (Å²) in [5.74, 6) is -0.363. The number of para-hydroxylation sites is 1. The van der Waals surface area contributed by atoms with Crippen LogP contribution in [0.1, 0.15) is 12.5 Å². The molecule has 0 aliphatic heterocycles. The summed E-state index contributed by atoms with van der Waals surface area (Å²) in [6.45, 7) is 2.13. The van der Waals surface area contributed by atoms with Gasteiger partial charge in [-0.05, 0) is 43.3 Å². The lowest BCUT2D eigenvalue weighted by molar-refractivity contribution is 0.321. The number of fused-ring (bicyclic) bond motifs is 1. The molecule has 0 aliphatic rings. The average molecular weight is 538 g/mol. The third-order valence-electron chi connectivity index (χ3n) is 5.99. The lowest BCUT2D eigenvalue weighted by Gasteiger charge is -2.06. The molecule has 39 heavy (non-hydrogen) atoms. The Morgan fingerprint density at radius 3 is 2.38 bits per heavy atom. The first-order valence-corrected chi connectivity index (χ1v) is 12.9. The molecule has 0 bridgehead atoms. The number of hydrogen-bond acceptors (Lipinski definition) is 7. The van der Waals surface area contributed by atoms with E-state index in [1.165, 1.54) is 6.07 Å². The smallest absolute Gasteiger partial charge is 0.300 e. The largest absolute Gasteiger partial charge is 0.491 e. The van der Waals surface area contributed by atoms with Gasteiger partial charge >= 0.3 is 5.56 Å². The van der Waals surface area contributed by atoms with Gasteiger partial charge in [0.05, 0.1) is 16.8 Å². The molecule has 0 unspecified atom stereocenters. The number of hydrogen-bond donors (Lipinski definition) is 0. The Morgan fingerprint density at radius 1 is 0.923 bits per heavy atom. The van der Waals surface area contributed by atoms with Crippen molar-refractivity contribution in [3.05, 3.63) is 122 Å². The molecule has 10 heteroatoms. The third-order valence-corrected chi connectivity index (χ3v) is 6.95. The second-order valence-electron chi connectivity index (χ2n) is 8.53. The van der Waals surface area contributed by atoms with E-state index in [1.54, 1.807) is 60.3 Å². The molecule has 8 nitrogen and oxygen atoms in total. The van der Waals surface area contributed by atoms with Gasteiger partial charge in [0.15, 0.2) is 17.3 Å². The van der Waals surface area contributed by atoms with E-state index in [0.717, 1.165) is 21.5 Å². The van der Waals surface area contributed by atoms with Crippen molar-refractivity contribution < 1.29 is 9.13 Å². The van der Waals surface area contributed by atoms with Crippen molar-refractivity contribution in [1.29, 1.82) is 0 Å². The molecule has 6 aromatic rings.